The average Bonchev–Trinajstić information content (AvgIpc) is 3.09. The zero-order valence-corrected chi connectivity index (χ0v) is 34.9. The second-order valence-electron chi connectivity index (χ2n) is 15.0. The topological polar surface area (TPSA) is 111 Å². The van der Waals surface area contributed by atoms with Gasteiger partial charge in [-0.3, -0.25) is 14.2 Å². The first-order valence-corrected chi connectivity index (χ1v) is 22.2. The SMILES string of the molecule is CC/C=C/C/C=C/C/C=C/CCCCCCCC(=O)O[C@H](COC(=O)CCCCCCCCCCCCCCC)COP(=O)([O-])OCC[N+](C)(C)C. The predicted octanol–water partition coefficient (Wildman–Crippen LogP) is 10.7. The van der Waals surface area contributed by atoms with Crippen molar-refractivity contribution in [3.8, 4) is 0 Å². The zero-order chi connectivity index (χ0) is 38.6. The van der Waals surface area contributed by atoms with Crippen LogP contribution >= 0.6 is 7.82 Å². The molecule has 0 bridgehead atoms. The minimum atomic E-state index is -4.62. The first kappa shape index (κ1) is 50.2. The fourth-order valence-electron chi connectivity index (χ4n) is 5.43. The van der Waals surface area contributed by atoms with E-state index in [1.807, 2.05) is 21.1 Å². The van der Waals surface area contributed by atoms with Gasteiger partial charge in [-0.1, -0.05) is 147 Å². The van der Waals surface area contributed by atoms with E-state index in [9.17, 15) is 19.0 Å². The number of nitrogens with zero attached hydrogens (tertiary/aromatic N) is 1. The highest BCUT2D eigenvalue weighted by Crippen LogP contribution is 2.38. The van der Waals surface area contributed by atoms with E-state index in [1.165, 1.54) is 64.2 Å². The molecule has 2 atom stereocenters. The smallest absolute Gasteiger partial charge is 0.306 e. The van der Waals surface area contributed by atoms with Gasteiger partial charge in [0.05, 0.1) is 27.7 Å². The highest BCUT2D eigenvalue weighted by Gasteiger charge is 2.21. The Morgan fingerprint density at radius 2 is 1.10 bits per heavy atom. The molecule has 0 radical (unpaired) electrons. The van der Waals surface area contributed by atoms with Crippen LogP contribution in [0.1, 0.15) is 168 Å². The molecule has 9 nitrogen and oxygen atoms in total. The van der Waals surface area contributed by atoms with E-state index < -0.39 is 26.5 Å². The Bertz CT molecular complexity index is 991. The molecule has 0 aliphatic carbocycles. The van der Waals surface area contributed by atoms with Crippen LogP contribution in [0.5, 0.6) is 0 Å². The molecule has 0 amide bonds. The number of quaternary nitrogens is 1. The molecule has 0 aromatic carbocycles. The largest absolute Gasteiger partial charge is 0.756 e. The molecule has 0 saturated carbocycles. The van der Waals surface area contributed by atoms with Crippen molar-refractivity contribution < 1.29 is 42.1 Å². The van der Waals surface area contributed by atoms with Gasteiger partial charge in [-0.2, -0.15) is 0 Å². The Balaban J connectivity index is 4.42. The summed E-state index contributed by atoms with van der Waals surface area (Å²) in [6, 6.07) is 0. The van der Waals surface area contributed by atoms with E-state index in [-0.39, 0.29) is 32.0 Å². The third-order valence-electron chi connectivity index (χ3n) is 8.67. The van der Waals surface area contributed by atoms with Crippen molar-refractivity contribution in [2.75, 3.05) is 47.5 Å². The molecule has 0 N–H and O–H groups in total. The number of allylic oxidation sites excluding steroid dienone is 6. The standard InChI is InChI=1S/C42H78NO8P/c1-6-8-10-12-14-16-18-20-21-23-25-27-29-31-33-35-42(45)51-40(39-50-52(46,47)49-37-36-43(3,4)5)38-48-41(44)34-32-30-28-26-24-22-19-17-15-13-11-9-7-2/h8,10,14,16,20-21,40H,6-7,9,11-13,15,17-19,22-39H2,1-5H3/b10-8+,16-14+,21-20+/t40-/m1/s1. The summed E-state index contributed by atoms with van der Waals surface area (Å²) in [5, 5.41) is 0. The second kappa shape index (κ2) is 35.0. The quantitative estimate of drug-likeness (QED) is 0.0203. The Morgan fingerprint density at radius 3 is 1.63 bits per heavy atom. The van der Waals surface area contributed by atoms with Crippen LogP contribution in [-0.4, -0.2) is 70.0 Å². The number of esters is 2. The van der Waals surface area contributed by atoms with Crippen LogP contribution in [-0.2, 0) is 32.7 Å². The molecule has 0 aliphatic rings. The Labute approximate surface area is 319 Å². The van der Waals surface area contributed by atoms with Crippen LogP contribution in [0.4, 0.5) is 0 Å². The molecule has 0 heterocycles. The van der Waals surface area contributed by atoms with Gasteiger partial charge in [-0.15, -0.1) is 0 Å². The van der Waals surface area contributed by atoms with Crippen LogP contribution < -0.4 is 4.89 Å². The van der Waals surface area contributed by atoms with Crippen molar-refractivity contribution in [1.82, 2.24) is 0 Å². The fourth-order valence-corrected chi connectivity index (χ4v) is 6.16. The summed E-state index contributed by atoms with van der Waals surface area (Å²) >= 11 is 0. The number of likely N-dealkylation sites (N-methyl/N-ethyl adjacent to an activating group) is 1. The number of phosphoric ester groups is 1. The van der Waals surface area contributed by atoms with Crippen LogP contribution in [0.2, 0.25) is 0 Å². The van der Waals surface area contributed by atoms with E-state index in [2.05, 4.69) is 50.3 Å². The number of carbonyl (C=O) groups excluding carboxylic acids is 2. The normalized spacial score (nSPS) is 14.0. The van der Waals surface area contributed by atoms with Gasteiger partial charge in [0.2, 0.25) is 0 Å². The highest BCUT2D eigenvalue weighted by atomic mass is 31.2. The van der Waals surface area contributed by atoms with E-state index in [4.69, 9.17) is 18.5 Å². The number of ether oxygens (including phenoxy) is 2. The van der Waals surface area contributed by atoms with Gasteiger partial charge in [0, 0.05) is 12.8 Å². The summed E-state index contributed by atoms with van der Waals surface area (Å²) in [6.07, 6.45) is 37.4. The molecule has 0 aromatic rings. The third-order valence-corrected chi connectivity index (χ3v) is 9.64. The number of phosphoric acid groups is 1. The molecule has 0 fully saturated rings. The fraction of sp³-hybridized carbons (Fsp3) is 0.810. The molecular formula is C42H78NO8P. The molecule has 0 saturated heterocycles. The molecule has 10 heteroatoms. The highest BCUT2D eigenvalue weighted by molar-refractivity contribution is 7.45. The minimum Gasteiger partial charge on any atom is -0.756 e. The molecule has 0 aromatic heterocycles. The van der Waals surface area contributed by atoms with Crippen LogP contribution in [0, 0.1) is 0 Å². The maximum Gasteiger partial charge on any atom is 0.306 e. The first-order valence-electron chi connectivity index (χ1n) is 20.7. The number of rotatable bonds is 37. The lowest BCUT2D eigenvalue weighted by atomic mass is 10.0. The first-order chi connectivity index (χ1) is 25.0. The Kier molecular flexibility index (Phi) is 33.8. The average molecular weight is 756 g/mol. The van der Waals surface area contributed by atoms with Gasteiger partial charge >= 0.3 is 11.9 Å². The van der Waals surface area contributed by atoms with Crippen LogP contribution in [0.25, 0.3) is 0 Å². The molecule has 0 rings (SSSR count). The summed E-state index contributed by atoms with van der Waals surface area (Å²) < 4.78 is 33.8. The predicted molar refractivity (Wildman–Crippen MR) is 213 cm³/mol. The van der Waals surface area contributed by atoms with Gasteiger partial charge < -0.3 is 27.9 Å². The number of hydrogen-bond donors (Lipinski definition) is 0. The lowest BCUT2D eigenvalue weighted by Crippen LogP contribution is -2.37. The van der Waals surface area contributed by atoms with Crippen molar-refractivity contribution in [2.24, 2.45) is 0 Å². The minimum absolute atomic E-state index is 0.0341. The monoisotopic (exact) mass is 756 g/mol. The third kappa shape index (κ3) is 38.0. The zero-order valence-electron chi connectivity index (χ0n) is 34.0. The van der Waals surface area contributed by atoms with Crippen molar-refractivity contribution in [2.45, 2.75) is 174 Å². The molecule has 304 valence electrons. The summed E-state index contributed by atoms with van der Waals surface area (Å²) in [5.74, 6) is -0.853. The van der Waals surface area contributed by atoms with Crippen molar-refractivity contribution in [3.05, 3.63) is 36.5 Å². The number of hydrogen-bond acceptors (Lipinski definition) is 8. The molecule has 52 heavy (non-hydrogen) atoms. The number of unbranched alkanes of at least 4 members (excludes halogenated alkanes) is 17. The Morgan fingerprint density at radius 1 is 0.615 bits per heavy atom. The second-order valence-corrected chi connectivity index (χ2v) is 16.4. The summed E-state index contributed by atoms with van der Waals surface area (Å²) in [5.41, 5.74) is 0. The van der Waals surface area contributed by atoms with Crippen molar-refractivity contribution >= 4 is 19.8 Å². The lowest BCUT2D eigenvalue weighted by molar-refractivity contribution is -0.870. The maximum atomic E-state index is 12.6. The van der Waals surface area contributed by atoms with Gasteiger partial charge in [0.25, 0.3) is 7.82 Å². The van der Waals surface area contributed by atoms with E-state index in [0.717, 1.165) is 70.6 Å². The summed E-state index contributed by atoms with van der Waals surface area (Å²) in [4.78, 5) is 37.4. The molecule has 0 aliphatic heterocycles. The molecule has 1 unspecified atom stereocenters. The van der Waals surface area contributed by atoms with Gasteiger partial charge in [0.15, 0.2) is 6.10 Å². The van der Waals surface area contributed by atoms with Gasteiger partial charge in [0.1, 0.15) is 19.8 Å². The van der Waals surface area contributed by atoms with Gasteiger partial charge in [-0.05, 0) is 44.9 Å². The maximum absolute atomic E-state index is 12.6. The van der Waals surface area contributed by atoms with Crippen LogP contribution in [0.15, 0.2) is 36.5 Å². The summed E-state index contributed by atoms with van der Waals surface area (Å²) in [6.45, 7) is 4.09. The van der Waals surface area contributed by atoms with E-state index in [0.29, 0.717) is 17.4 Å². The summed E-state index contributed by atoms with van der Waals surface area (Å²) in [7, 11) is 1.15. The van der Waals surface area contributed by atoms with Gasteiger partial charge in [-0.25, -0.2) is 0 Å². The molecular weight excluding hydrogens is 677 g/mol. The Hall–Kier alpha value is -1.77. The number of carbonyl (C=O) groups is 2. The van der Waals surface area contributed by atoms with Crippen molar-refractivity contribution in [3.63, 3.8) is 0 Å². The van der Waals surface area contributed by atoms with E-state index in [1.54, 1.807) is 0 Å². The molecule has 0 spiro atoms. The van der Waals surface area contributed by atoms with Crippen LogP contribution in [0.3, 0.4) is 0 Å². The lowest BCUT2D eigenvalue weighted by Gasteiger charge is -2.28. The van der Waals surface area contributed by atoms with Crippen molar-refractivity contribution in [1.29, 1.82) is 0 Å². The van der Waals surface area contributed by atoms with E-state index >= 15 is 0 Å².